The van der Waals surface area contributed by atoms with Gasteiger partial charge >= 0.3 is 12.0 Å². The van der Waals surface area contributed by atoms with Crippen molar-refractivity contribution in [3.63, 3.8) is 0 Å². The molecule has 2 fully saturated rings. The summed E-state index contributed by atoms with van der Waals surface area (Å²) in [6, 6.07) is 19.6. The highest BCUT2D eigenvalue weighted by atomic mass is 16.4. The molecule has 8 rings (SSSR count). The summed E-state index contributed by atoms with van der Waals surface area (Å²) < 4.78 is 3.54. The Kier molecular flexibility index (Phi) is 8.83. The third-order valence-corrected chi connectivity index (χ3v) is 11.7. The predicted octanol–water partition coefficient (Wildman–Crippen LogP) is 7.35. The molecule has 11 heteroatoms. The number of aliphatic carboxylic acids is 1. The number of carbonyl (C=O) groups excluding carboxylic acids is 2. The van der Waals surface area contributed by atoms with Crippen LogP contribution < -0.4 is 4.90 Å². The zero-order valence-electron chi connectivity index (χ0n) is 31.0. The van der Waals surface area contributed by atoms with Crippen LogP contribution in [0.15, 0.2) is 66.9 Å². The van der Waals surface area contributed by atoms with Gasteiger partial charge in [0, 0.05) is 61.0 Å². The van der Waals surface area contributed by atoms with Gasteiger partial charge in [-0.05, 0) is 99.5 Å². The molecule has 0 radical (unpaired) electrons. The van der Waals surface area contributed by atoms with E-state index in [2.05, 4.69) is 4.98 Å². The van der Waals surface area contributed by atoms with Crippen molar-refractivity contribution in [2.24, 2.45) is 5.92 Å². The van der Waals surface area contributed by atoms with Crippen LogP contribution in [-0.4, -0.2) is 78.3 Å². The van der Waals surface area contributed by atoms with Crippen molar-refractivity contribution in [1.29, 1.82) is 0 Å². The van der Waals surface area contributed by atoms with Crippen molar-refractivity contribution < 1.29 is 19.5 Å². The smallest absolute Gasteiger partial charge is 0.329 e. The summed E-state index contributed by atoms with van der Waals surface area (Å²) >= 11 is 0. The molecule has 5 heterocycles. The zero-order valence-corrected chi connectivity index (χ0v) is 31.0. The molecular weight excluding hydrogens is 667 g/mol. The molecule has 1 N–H and O–H groups in total. The van der Waals surface area contributed by atoms with Crippen LogP contribution in [0.5, 0.6) is 0 Å². The predicted molar refractivity (Wildman–Crippen MR) is 204 cm³/mol. The third kappa shape index (κ3) is 6.05. The molecule has 5 aromatic rings. The van der Waals surface area contributed by atoms with Crippen LogP contribution in [0.25, 0.3) is 27.7 Å². The lowest BCUT2D eigenvalue weighted by Crippen LogP contribution is -2.42. The third-order valence-electron chi connectivity index (χ3n) is 11.7. The van der Waals surface area contributed by atoms with Crippen LogP contribution in [0, 0.1) is 19.8 Å². The fourth-order valence-electron chi connectivity index (χ4n) is 8.54. The van der Waals surface area contributed by atoms with Gasteiger partial charge in [-0.2, -0.15) is 5.10 Å². The highest BCUT2D eigenvalue weighted by molar-refractivity contribution is 6.01. The lowest BCUT2D eigenvalue weighted by atomic mass is 9.89. The van der Waals surface area contributed by atoms with E-state index in [-0.39, 0.29) is 18.5 Å². The van der Waals surface area contributed by atoms with E-state index in [4.69, 9.17) is 5.10 Å². The number of urea groups is 1. The first-order chi connectivity index (χ1) is 25.5. The summed E-state index contributed by atoms with van der Waals surface area (Å²) in [7, 11) is 0. The van der Waals surface area contributed by atoms with Crippen LogP contribution >= 0.6 is 0 Å². The minimum absolute atomic E-state index is 0.0160. The summed E-state index contributed by atoms with van der Waals surface area (Å²) in [6.45, 7) is 9.90. The summed E-state index contributed by atoms with van der Waals surface area (Å²) in [5.74, 6) is -0.0569. The van der Waals surface area contributed by atoms with Gasteiger partial charge in [0.05, 0.1) is 17.9 Å². The number of benzene rings is 2. The minimum Gasteiger partial charge on any atom is -0.480 e. The molecule has 1 saturated heterocycles. The normalized spacial score (nSPS) is 16.8. The Hall–Kier alpha value is -5.45. The van der Waals surface area contributed by atoms with Gasteiger partial charge in [-0.1, -0.05) is 43.5 Å². The summed E-state index contributed by atoms with van der Waals surface area (Å²) in [5, 5.41) is 16.3. The maximum absolute atomic E-state index is 14.8. The Balaban J connectivity index is 1.17. The van der Waals surface area contributed by atoms with Crippen LogP contribution in [0.1, 0.15) is 79.0 Å². The Morgan fingerprint density at radius 1 is 0.943 bits per heavy atom. The molecule has 53 heavy (non-hydrogen) atoms. The standard InChI is InChI=1S/C42H47N7O4/c1-27-28(2)43-19-17-33(27)30-15-16-36-31(23-30)24-37(48(36)42(3,4)40(51)52)39(50)45-20-18-35-34(26-45)38(49(44-35)32-13-9-6-10-14-32)47-22-21-46(41(47)53)25-29-11-7-5-8-12-29/h6,9-10,13-17,19,23-24,29H,5,7-8,11-12,18,20-22,25-26H2,1-4H3,(H,51,52). The second kappa shape index (κ2) is 13.5. The first kappa shape index (κ1) is 34.6. The highest BCUT2D eigenvalue weighted by Crippen LogP contribution is 2.37. The second-order valence-corrected chi connectivity index (χ2v) is 15.4. The van der Waals surface area contributed by atoms with E-state index < -0.39 is 11.5 Å². The van der Waals surface area contributed by atoms with Crippen LogP contribution in [0.2, 0.25) is 0 Å². The number of amides is 3. The molecule has 1 saturated carbocycles. The number of fused-ring (bicyclic) bond motifs is 2. The number of carboxylic acid groups (broad SMARTS) is 1. The first-order valence-electron chi connectivity index (χ1n) is 18.9. The number of anilines is 1. The topological polar surface area (TPSA) is 117 Å². The van der Waals surface area contributed by atoms with E-state index in [0.29, 0.717) is 49.0 Å². The number of pyridine rings is 1. The number of carbonyl (C=O) groups is 3. The molecule has 3 amide bonds. The Morgan fingerprint density at radius 2 is 1.72 bits per heavy atom. The SMILES string of the molecule is Cc1nccc(-c2ccc3c(c2)cc(C(=O)N2CCc4nn(-c5ccccc5)c(N5CCN(CC6CCCCC6)C5=O)c4C2)n3C(C)(C)C(=O)O)c1C. The Labute approximate surface area is 309 Å². The maximum Gasteiger partial charge on any atom is 0.329 e. The fraction of sp³-hybridized carbons (Fsp3) is 0.405. The van der Waals surface area contributed by atoms with Crippen molar-refractivity contribution in [2.75, 3.05) is 31.1 Å². The van der Waals surface area contributed by atoms with Gasteiger partial charge in [0.2, 0.25) is 0 Å². The molecule has 3 aromatic heterocycles. The first-order valence-corrected chi connectivity index (χ1v) is 18.9. The van der Waals surface area contributed by atoms with Crippen molar-refractivity contribution >= 4 is 34.6 Å². The van der Waals surface area contributed by atoms with Crippen molar-refractivity contribution in [3.05, 3.63) is 95.1 Å². The van der Waals surface area contributed by atoms with Gasteiger partial charge in [-0.25, -0.2) is 14.3 Å². The molecule has 2 aliphatic heterocycles. The molecule has 3 aliphatic rings. The van der Waals surface area contributed by atoms with E-state index in [1.165, 1.54) is 19.3 Å². The maximum atomic E-state index is 14.8. The molecule has 0 atom stereocenters. The van der Waals surface area contributed by atoms with Gasteiger partial charge in [0.1, 0.15) is 17.1 Å². The molecule has 274 valence electrons. The van der Waals surface area contributed by atoms with E-state index in [0.717, 1.165) is 64.1 Å². The van der Waals surface area contributed by atoms with E-state index in [1.807, 2.05) is 89.0 Å². The van der Waals surface area contributed by atoms with Gasteiger partial charge < -0.3 is 19.5 Å². The van der Waals surface area contributed by atoms with E-state index >= 15 is 0 Å². The van der Waals surface area contributed by atoms with Crippen LogP contribution in [0.3, 0.4) is 0 Å². The molecule has 0 unspecified atom stereocenters. The van der Waals surface area contributed by atoms with Crippen molar-refractivity contribution in [3.8, 4) is 16.8 Å². The summed E-state index contributed by atoms with van der Waals surface area (Å²) in [4.78, 5) is 51.7. The monoisotopic (exact) mass is 713 g/mol. The Morgan fingerprint density at radius 3 is 2.47 bits per heavy atom. The van der Waals surface area contributed by atoms with Gasteiger partial charge in [-0.15, -0.1) is 0 Å². The number of aromatic nitrogens is 4. The van der Waals surface area contributed by atoms with Gasteiger partial charge in [0.15, 0.2) is 0 Å². The number of hydrogen-bond donors (Lipinski definition) is 1. The molecule has 0 bridgehead atoms. The largest absolute Gasteiger partial charge is 0.480 e. The minimum atomic E-state index is -1.41. The number of aryl methyl sites for hydroxylation is 1. The van der Waals surface area contributed by atoms with E-state index in [9.17, 15) is 19.5 Å². The van der Waals surface area contributed by atoms with Crippen molar-refractivity contribution in [1.82, 2.24) is 29.1 Å². The number of carboxylic acids is 1. The quantitative estimate of drug-likeness (QED) is 0.180. The zero-order chi connectivity index (χ0) is 37.0. The Bertz CT molecular complexity index is 2230. The van der Waals surface area contributed by atoms with Crippen molar-refractivity contribution in [2.45, 2.75) is 78.3 Å². The second-order valence-electron chi connectivity index (χ2n) is 15.4. The lowest BCUT2D eigenvalue weighted by molar-refractivity contribution is -0.145. The number of hydrogen-bond acceptors (Lipinski definition) is 5. The number of para-hydroxylation sites is 1. The lowest BCUT2D eigenvalue weighted by Gasteiger charge is -2.31. The average Bonchev–Trinajstić information content (AvgIpc) is 3.85. The fourth-order valence-corrected chi connectivity index (χ4v) is 8.54. The average molecular weight is 714 g/mol. The van der Waals surface area contributed by atoms with Gasteiger partial charge in [-0.3, -0.25) is 14.7 Å². The highest BCUT2D eigenvalue weighted by Gasteiger charge is 2.40. The molecule has 2 aromatic carbocycles. The number of nitrogens with zero attached hydrogens (tertiary/aromatic N) is 7. The van der Waals surface area contributed by atoms with E-state index in [1.54, 1.807) is 29.5 Å². The number of rotatable bonds is 8. The summed E-state index contributed by atoms with van der Waals surface area (Å²) in [5.41, 5.74) is 6.16. The summed E-state index contributed by atoms with van der Waals surface area (Å²) in [6.07, 6.45) is 8.35. The van der Waals surface area contributed by atoms with Crippen LogP contribution in [-0.2, 0) is 23.3 Å². The molecular formula is C42H47N7O4. The molecule has 0 spiro atoms. The van der Waals surface area contributed by atoms with Gasteiger partial charge in [0.25, 0.3) is 5.91 Å². The van der Waals surface area contributed by atoms with Crippen LogP contribution in [0.4, 0.5) is 10.6 Å². The molecule has 11 nitrogen and oxygen atoms in total. The molecule has 1 aliphatic carbocycles.